The molecule has 1 aliphatic heterocycles. The average Bonchev–Trinajstić information content (AvgIpc) is 2.71. The summed E-state index contributed by atoms with van der Waals surface area (Å²) in [4.78, 5) is 0. The van der Waals surface area contributed by atoms with Gasteiger partial charge >= 0.3 is 0 Å². The lowest BCUT2D eigenvalue weighted by molar-refractivity contribution is -0.135. The van der Waals surface area contributed by atoms with Crippen LogP contribution in [-0.2, 0) is 17.6 Å². The second-order valence-corrected chi connectivity index (χ2v) is 5.41. The first-order chi connectivity index (χ1) is 8.31. The van der Waals surface area contributed by atoms with E-state index in [-0.39, 0.29) is 12.0 Å². The molecule has 1 saturated heterocycles. The Hall–Kier alpha value is -0.900. The standard InChI is InChI=1S/C14H19NO2/c16-8-14(9-17-10-14)7-15-13-5-11-3-1-2-4-12(11)6-13/h1-4,13,15-16H,5-10H2. The van der Waals surface area contributed by atoms with Crippen LogP contribution in [0.1, 0.15) is 11.1 Å². The number of fused-ring (bicyclic) bond motifs is 1. The van der Waals surface area contributed by atoms with E-state index in [0.717, 1.165) is 19.4 Å². The van der Waals surface area contributed by atoms with Crippen molar-refractivity contribution in [2.75, 3.05) is 26.4 Å². The second kappa shape index (κ2) is 4.41. The molecule has 2 N–H and O–H groups in total. The van der Waals surface area contributed by atoms with Crippen LogP contribution in [0.15, 0.2) is 24.3 Å². The topological polar surface area (TPSA) is 41.5 Å². The van der Waals surface area contributed by atoms with Crippen molar-refractivity contribution in [3.8, 4) is 0 Å². The van der Waals surface area contributed by atoms with Crippen LogP contribution in [0.5, 0.6) is 0 Å². The summed E-state index contributed by atoms with van der Waals surface area (Å²) in [5, 5.41) is 12.9. The van der Waals surface area contributed by atoms with E-state index >= 15 is 0 Å². The lowest BCUT2D eigenvalue weighted by atomic mass is 9.86. The quantitative estimate of drug-likeness (QED) is 0.806. The Balaban J connectivity index is 1.55. The largest absolute Gasteiger partial charge is 0.396 e. The number of hydrogen-bond acceptors (Lipinski definition) is 3. The molecule has 0 atom stereocenters. The third-order valence-electron chi connectivity index (χ3n) is 3.97. The normalized spacial score (nSPS) is 22.2. The molecule has 3 heteroatoms. The molecule has 17 heavy (non-hydrogen) atoms. The van der Waals surface area contributed by atoms with Crippen molar-refractivity contribution in [3.63, 3.8) is 0 Å². The summed E-state index contributed by atoms with van der Waals surface area (Å²) >= 11 is 0. The van der Waals surface area contributed by atoms with Gasteiger partial charge in [0.25, 0.3) is 0 Å². The second-order valence-electron chi connectivity index (χ2n) is 5.41. The maximum Gasteiger partial charge on any atom is 0.0579 e. The van der Waals surface area contributed by atoms with Crippen molar-refractivity contribution in [1.82, 2.24) is 5.32 Å². The molecule has 3 rings (SSSR count). The minimum absolute atomic E-state index is 0.0191. The molecular weight excluding hydrogens is 214 g/mol. The molecule has 1 heterocycles. The Morgan fingerprint density at radius 3 is 2.35 bits per heavy atom. The van der Waals surface area contributed by atoms with Crippen LogP contribution in [0.3, 0.4) is 0 Å². The maximum atomic E-state index is 9.36. The van der Waals surface area contributed by atoms with Crippen LogP contribution in [-0.4, -0.2) is 37.5 Å². The van der Waals surface area contributed by atoms with Gasteiger partial charge in [-0.15, -0.1) is 0 Å². The number of hydrogen-bond donors (Lipinski definition) is 2. The van der Waals surface area contributed by atoms with E-state index in [4.69, 9.17) is 4.74 Å². The van der Waals surface area contributed by atoms with Crippen molar-refractivity contribution < 1.29 is 9.84 Å². The Morgan fingerprint density at radius 1 is 1.24 bits per heavy atom. The van der Waals surface area contributed by atoms with Crippen LogP contribution in [0, 0.1) is 5.41 Å². The predicted molar refractivity (Wildman–Crippen MR) is 66.0 cm³/mol. The summed E-state index contributed by atoms with van der Waals surface area (Å²) in [6.45, 7) is 2.47. The Kier molecular flexibility index (Phi) is 2.90. The minimum atomic E-state index is -0.0191. The molecule has 1 aliphatic carbocycles. The summed E-state index contributed by atoms with van der Waals surface area (Å²) in [6, 6.07) is 9.17. The number of rotatable bonds is 4. The van der Waals surface area contributed by atoms with Gasteiger partial charge < -0.3 is 15.2 Å². The predicted octanol–water partition coefficient (Wildman–Crippen LogP) is 0.752. The highest BCUT2D eigenvalue weighted by Crippen LogP contribution is 2.27. The van der Waals surface area contributed by atoms with E-state index in [1.54, 1.807) is 0 Å². The third kappa shape index (κ3) is 2.10. The van der Waals surface area contributed by atoms with Gasteiger partial charge in [0.2, 0.25) is 0 Å². The monoisotopic (exact) mass is 233 g/mol. The van der Waals surface area contributed by atoms with Gasteiger partial charge in [-0.1, -0.05) is 24.3 Å². The fraction of sp³-hybridized carbons (Fsp3) is 0.571. The summed E-state index contributed by atoms with van der Waals surface area (Å²) < 4.78 is 5.21. The number of nitrogens with one attached hydrogen (secondary N) is 1. The molecular formula is C14H19NO2. The molecule has 1 fully saturated rings. The van der Waals surface area contributed by atoms with E-state index in [9.17, 15) is 5.11 Å². The van der Waals surface area contributed by atoms with Gasteiger partial charge in [-0.2, -0.15) is 0 Å². The van der Waals surface area contributed by atoms with Crippen molar-refractivity contribution in [3.05, 3.63) is 35.4 Å². The van der Waals surface area contributed by atoms with Crippen LogP contribution in [0.2, 0.25) is 0 Å². The highest BCUT2D eigenvalue weighted by Gasteiger charge is 2.38. The number of ether oxygens (including phenoxy) is 1. The van der Waals surface area contributed by atoms with Gasteiger partial charge in [0.1, 0.15) is 0 Å². The highest BCUT2D eigenvalue weighted by molar-refractivity contribution is 5.33. The van der Waals surface area contributed by atoms with E-state index in [1.807, 2.05) is 0 Å². The molecule has 0 saturated carbocycles. The first-order valence-electron chi connectivity index (χ1n) is 6.30. The fourth-order valence-electron chi connectivity index (χ4n) is 2.70. The maximum absolute atomic E-state index is 9.36. The van der Waals surface area contributed by atoms with Crippen LogP contribution in [0.25, 0.3) is 0 Å². The zero-order valence-electron chi connectivity index (χ0n) is 9.98. The molecule has 0 aromatic heterocycles. The Morgan fingerprint density at radius 2 is 1.88 bits per heavy atom. The Labute approximate surface area is 102 Å². The summed E-state index contributed by atoms with van der Waals surface area (Å²) in [5.74, 6) is 0. The fourth-order valence-corrected chi connectivity index (χ4v) is 2.70. The van der Waals surface area contributed by atoms with E-state index in [2.05, 4.69) is 29.6 Å². The number of aliphatic hydroxyl groups is 1. The lowest BCUT2D eigenvalue weighted by Crippen LogP contribution is -2.54. The molecule has 0 radical (unpaired) electrons. The molecule has 1 aromatic carbocycles. The van der Waals surface area contributed by atoms with E-state index in [0.29, 0.717) is 19.3 Å². The number of aliphatic hydroxyl groups excluding tert-OH is 1. The Bertz CT molecular complexity index is 370. The van der Waals surface area contributed by atoms with Crippen molar-refractivity contribution >= 4 is 0 Å². The van der Waals surface area contributed by atoms with Gasteiger partial charge in [-0.25, -0.2) is 0 Å². The molecule has 3 nitrogen and oxygen atoms in total. The highest BCUT2D eigenvalue weighted by atomic mass is 16.5. The van der Waals surface area contributed by atoms with Crippen molar-refractivity contribution in [2.45, 2.75) is 18.9 Å². The molecule has 0 unspecified atom stereocenters. The van der Waals surface area contributed by atoms with Gasteiger partial charge in [-0.05, 0) is 24.0 Å². The average molecular weight is 233 g/mol. The first kappa shape index (κ1) is 11.2. The zero-order valence-corrected chi connectivity index (χ0v) is 9.98. The molecule has 1 aromatic rings. The zero-order chi connectivity index (χ0) is 11.7. The first-order valence-corrected chi connectivity index (χ1v) is 6.30. The van der Waals surface area contributed by atoms with Gasteiger partial charge in [-0.3, -0.25) is 0 Å². The summed E-state index contributed by atoms with van der Waals surface area (Å²) in [6.07, 6.45) is 2.22. The smallest absolute Gasteiger partial charge is 0.0579 e. The van der Waals surface area contributed by atoms with E-state index < -0.39 is 0 Å². The van der Waals surface area contributed by atoms with Gasteiger partial charge in [0, 0.05) is 12.6 Å². The van der Waals surface area contributed by atoms with Crippen LogP contribution in [0.4, 0.5) is 0 Å². The van der Waals surface area contributed by atoms with Crippen molar-refractivity contribution in [1.29, 1.82) is 0 Å². The van der Waals surface area contributed by atoms with E-state index in [1.165, 1.54) is 11.1 Å². The van der Waals surface area contributed by atoms with Crippen LogP contribution >= 0.6 is 0 Å². The summed E-state index contributed by atoms with van der Waals surface area (Å²) in [7, 11) is 0. The third-order valence-corrected chi connectivity index (χ3v) is 3.97. The molecule has 0 spiro atoms. The molecule has 0 bridgehead atoms. The van der Waals surface area contributed by atoms with Gasteiger partial charge in [0.05, 0.1) is 25.2 Å². The number of benzene rings is 1. The molecule has 2 aliphatic rings. The van der Waals surface area contributed by atoms with Gasteiger partial charge in [0.15, 0.2) is 0 Å². The minimum Gasteiger partial charge on any atom is -0.396 e. The molecule has 92 valence electrons. The van der Waals surface area contributed by atoms with Crippen LogP contribution < -0.4 is 5.32 Å². The van der Waals surface area contributed by atoms with Crippen molar-refractivity contribution in [2.24, 2.45) is 5.41 Å². The molecule has 0 amide bonds. The SMILES string of the molecule is OCC1(CNC2Cc3ccccc3C2)COC1. The summed E-state index contributed by atoms with van der Waals surface area (Å²) in [5.41, 5.74) is 2.91. The lowest BCUT2D eigenvalue weighted by Gasteiger charge is -2.40.